The van der Waals surface area contributed by atoms with Crippen LogP contribution in [0, 0.1) is 0 Å². The van der Waals surface area contributed by atoms with Gasteiger partial charge in [0.2, 0.25) is 5.91 Å². The third-order valence-electron chi connectivity index (χ3n) is 3.61. The second-order valence-electron chi connectivity index (χ2n) is 5.12. The number of amides is 2. The number of benzene rings is 1. The van der Waals surface area contributed by atoms with Gasteiger partial charge in [-0.1, -0.05) is 0 Å². The Morgan fingerprint density at radius 2 is 2.14 bits per heavy atom. The molecule has 6 heteroatoms. The van der Waals surface area contributed by atoms with Crippen molar-refractivity contribution in [3.05, 3.63) is 47.8 Å². The molecular formula is C16H16N4O2. The lowest BCUT2D eigenvalue weighted by molar-refractivity contribution is -0.116. The number of hydrogen-bond acceptors (Lipinski definition) is 3. The summed E-state index contributed by atoms with van der Waals surface area (Å²) >= 11 is 0. The fourth-order valence-electron chi connectivity index (χ4n) is 2.54. The Hall–Kier alpha value is -3.02. The van der Waals surface area contributed by atoms with E-state index in [1.54, 1.807) is 6.07 Å². The highest BCUT2D eigenvalue weighted by atomic mass is 16.2. The first-order chi connectivity index (χ1) is 10.6. The van der Waals surface area contributed by atoms with Gasteiger partial charge >= 0.3 is 0 Å². The highest BCUT2D eigenvalue weighted by molar-refractivity contribution is 6.36. The van der Waals surface area contributed by atoms with Crippen LogP contribution >= 0.6 is 0 Å². The van der Waals surface area contributed by atoms with Crippen molar-refractivity contribution < 1.29 is 9.59 Å². The van der Waals surface area contributed by atoms with Gasteiger partial charge in [-0.25, -0.2) is 0 Å². The summed E-state index contributed by atoms with van der Waals surface area (Å²) in [4.78, 5) is 26.2. The number of aromatic amines is 1. The molecule has 0 radical (unpaired) electrons. The molecule has 2 aromatic rings. The second-order valence-corrected chi connectivity index (χ2v) is 5.12. The Kier molecular flexibility index (Phi) is 3.42. The van der Waals surface area contributed by atoms with Gasteiger partial charge in [-0.2, -0.15) is 0 Å². The molecule has 0 unspecified atom stereocenters. The maximum absolute atomic E-state index is 12.3. The van der Waals surface area contributed by atoms with E-state index in [1.165, 1.54) is 0 Å². The summed E-state index contributed by atoms with van der Waals surface area (Å²) in [6.45, 7) is 1.95. The number of fused-ring (bicyclic) bond motifs is 1. The van der Waals surface area contributed by atoms with Crippen LogP contribution in [-0.4, -0.2) is 23.3 Å². The third kappa shape index (κ3) is 2.46. The minimum atomic E-state index is -0.437. The van der Waals surface area contributed by atoms with Crippen LogP contribution in [0.3, 0.4) is 0 Å². The minimum absolute atomic E-state index is 0.0504. The van der Waals surface area contributed by atoms with Gasteiger partial charge in [0.15, 0.2) is 0 Å². The summed E-state index contributed by atoms with van der Waals surface area (Å²) < 4.78 is 0. The average Bonchev–Trinajstić information content (AvgIpc) is 3.11. The van der Waals surface area contributed by atoms with Crippen LogP contribution < -0.4 is 16.4 Å². The van der Waals surface area contributed by atoms with Crippen molar-refractivity contribution in [1.82, 2.24) is 4.98 Å². The van der Waals surface area contributed by atoms with Gasteiger partial charge < -0.3 is 21.4 Å². The third-order valence-corrected chi connectivity index (χ3v) is 3.61. The molecule has 1 aromatic heterocycles. The van der Waals surface area contributed by atoms with E-state index < -0.39 is 5.91 Å². The Morgan fingerprint density at radius 1 is 1.32 bits per heavy atom. The number of hydrogen-bond donors (Lipinski definition) is 4. The number of nitrogens with one attached hydrogen (secondary N) is 3. The van der Waals surface area contributed by atoms with E-state index in [2.05, 4.69) is 15.6 Å². The van der Waals surface area contributed by atoms with Crippen molar-refractivity contribution in [2.75, 3.05) is 17.2 Å². The molecule has 0 saturated heterocycles. The van der Waals surface area contributed by atoms with E-state index in [0.29, 0.717) is 5.57 Å². The first kappa shape index (κ1) is 13.9. The number of primary amides is 1. The molecule has 0 aliphatic carbocycles. The number of nitrogens with two attached hydrogens (primary N) is 1. The summed E-state index contributed by atoms with van der Waals surface area (Å²) in [5, 5.41) is 5.79. The molecule has 5 N–H and O–H groups in total. The Labute approximate surface area is 127 Å². The lowest BCUT2D eigenvalue weighted by Gasteiger charge is -2.08. The van der Waals surface area contributed by atoms with Crippen molar-refractivity contribution in [1.29, 1.82) is 0 Å². The molecule has 2 amide bonds. The number of aromatic nitrogens is 1. The van der Waals surface area contributed by atoms with E-state index in [-0.39, 0.29) is 12.5 Å². The number of carbonyl (C=O) groups is 2. The Morgan fingerprint density at radius 3 is 2.82 bits per heavy atom. The van der Waals surface area contributed by atoms with E-state index in [9.17, 15) is 9.59 Å². The molecule has 6 nitrogen and oxygen atoms in total. The van der Waals surface area contributed by atoms with Crippen LogP contribution in [-0.2, 0) is 9.59 Å². The maximum atomic E-state index is 12.3. The average molecular weight is 296 g/mol. The van der Waals surface area contributed by atoms with Crippen LogP contribution in [0.4, 0.5) is 11.4 Å². The molecule has 0 bridgehead atoms. The molecule has 0 atom stereocenters. The quantitative estimate of drug-likeness (QED) is 0.647. The fraction of sp³-hybridized carbons (Fsp3) is 0.125. The summed E-state index contributed by atoms with van der Waals surface area (Å²) in [5.41, 5.74) is 9.84. The van der Waals surface area contributed by atoms with Gasteiger partial charge in [0.25, 0.3) is 5.91 Å². The lowest BCUT2D eigenvalue weighted by Crippen LogP contribution is -2.21. The van der Waals surface area contributed by atoms with Gasteiger partial charge in [-0.05, 0) is 42.8 Å². The van der Waals surface area contributed by atoms with Crippen LogP contribution in [0.5, 0.6) is 0 Å². The monoisotopic (exact) mass is 296 g/mol. The topological polar surface area (TPSA) is 100 Å². The van der Waals surface area contributed by atoms with E-state index in [4.69, 9.17) is 5.73 Å². The molecule has 3 rings (SSSR count). The summed E-state index contributed by atoms with van der Waals surface area (Å²) in [6, 6.07) is 9.26. The molecule has 0 spiro atoms. The van der Waals surface area contributed by atoms with Gasteiger partial charge in [0, 0.05) is 28.8 Å². The van der Waals surface area contributed by atoms with Crippen LogP contribution in [0.2, 0.25) is 0 Å². The first-order valence-corrected chi connectivity index (χ1v) is 6.89. The van der Waals surface area contributed by atoms with Crippen molar-refractivity contribution in [3.8, 4) is 0 Å². The zero-order valence-electron chi connectivity index (χ0n) is 12.1. The smallest absolute Gasteiger partial charge is 0.256 e. The zero-order chi connectivity index (χ0) is 15.7. The predicted octanol–water partition coefficient (Wildman–Crippen LogP) is 1.79. The highest BCUT2D eigenvalue weighted by Crippen LogP contribution is 2.37. The molecule has 22 heavy (non-hydrogen) atoms. The van der Waals surface area contributed by atoms with Crippen LogP contribution in [0.15, 0.2) is 36.5 Å². The van der Waals surface area contributed by atoms with Crippen LogP contribution in [0.1, 0.15) is 18.2 Å². The zero-order valence-corrected chi connectivity index (χ0v) is 12.1. The van der Waals surface area contributed by atoms with Crippen molar-refractivity contribution in [2.45, 2.75) is 6.92 Å². The SMILES string of the molecule is CC(=C1C(=O)Nc2ccc(NCC(N)=O)cc21)c1ccc[nH]1. The first-order valence-electron chi connectivity index (χ1n) is 6.89. The Balaban J connectivity index is 2.02. The number of allylic oxidation sites excluding steroid dienone is 1. The fourth-order valence-corrected chi connectivity index (χ4v) is 2.54. The normalized spacial score (nSPS) is 15.2. The number of rotatable bonds is 4. The predicted molar refractivity (Wildman–Crippen MR) is 86.0 cm³/mol. The molecule has 0 saturated carbocycles. The van der Waals surface area contributed by atoms with Gasteiger partial charge in [0.1, 0.15) is 0 Å². The number of carbonyl (C=O) groups excluding carboxylic acids is 2. The van der Waals surface area contributed by atoms with Gasteiger partial charge in [-0.3, -0.25) is 9.59 Å². The van der Waals surface area contributed by atoms with Crippen LogP contribution in [0.25, 0.3) is 11.1 Å². The minimum Gasteiger partial charge on any atom is -0.376 e. The molecule has 1 aliphatic rings. The largest absolute Gasteiger partial charge is 0.376 e. The molecular weight excluding hydrogens is 280 g/mol. The highest BCUT2D eigenvalue weighted by Gasteiger charge is 2.27. The standard InChI is InChI=1S/C16H16N4O2/c1-9(12-3-2-6-18-12)15-11-7-10(19-8-14(17)21)4-5-13(11)20-16(15)22/h2-7,18-19H,8H2,1H3,(H2,17,21)(H,20,22). The maximum Gasteiger partial charge on any atom is 0.256 e. The molecule has 1 aromatic carbocycles. The van der Waals surface area contributed by atoms with Gasteiger partial charge in [-0.15, -0.1) is 0 Å². The molecule has 2 heterocycles. The molecule has 112 valence electrons. The van der Waals surface area contributed by atoms with Crippen molar-refractivity contribution >= 4 is 34.3 Å². The summed E-state index contributed by atoms with van der Waals surface area (Å²) in [6.07, 6.45) is 1.82. The van der Waals surface area contributed by atoms with Gasteiger partial charge in [0.05, 0.1) is 12.1 Å². The molecule has 1 aliphatic heterocycles. The number of anilines is 2. The summed E-state index contributed by atoms with van der Waals surface area (Å²) in [7, 11) is 0. The second kappa shape index (κ2) is 5.40. The molecule has 0 fully saturated rings. The van der Waals surface area contributed by atoms with E-state index in [0.717, 1.165) is 28.2 Å². The lowest BCUT2D eigenvalue weighted by atomic mass is 9.99. The van der Waals surface area contributed by atoms with Crippen molar-refractivity contribution in [2.24, 2.45) is 5.73 Å². The van der Waals surface area contributed by atoms with E-state index in [1.807, 2.05) is 37.4 Å². The number of H-pyrrole nitrogens is 1. The Bertz CT molecular complexity index is 775. The summed E-state index contributed by atoms with van der Waals surface area (Å²) in [5.74, 6) is -0.567. The van der Waals surface area contributed by atoms with Crippen molar-refractivity contribution in [3.63, 3.8) is 0 Å². The van der Waals surface area contributed by atoms with E-state index >= 15 is 0 Å².